The van der Waals surface area contributed by atoms with Crippen LogP contribution in [-0.2, 0) is 18.8 Å². The van der Waals surface area contributed by atoms with Gasteiger partial charge in [0.05, 0.1) is 16.6 Å². The standard InChI is InChI=1S/C14H17ClN2S2/c15-7-12-10-19-14(16-12)3-5-17(13-1-2-13)8-11-4-6-18-9-11/h4,6,9-10,13H,1-3,5,7-8H2. The molecule has 0 bridgehead atoms. The van der Waals surface area contributed by atoms with Gasteiger partial charge >= 0.3 is 0 Å². The molecule has 0 radical (unpaired) electrons. The molecule has 102 valence electrons. The maximum atomic E-state index is 5.79. The fourth-order valence-electron chi connectivity index (χ4n) is 2.21. The molecule has 2 aromatic rings. The van der Waals surface area contributed by atoms with E-state index in [9.17, 15) is 0 Å². The first-order valence-corrected chi connectivity index (χ1v) is 8.95. The fourth-order valence-corrected chi connectivity index (χ4v) is 3.89. The van der Waals surface area contributed by atoms with Gasteiger partial charge in [-0.15, -0.1) is 22.9 Å². The van der Waals surface area contributed by atoms with Crippen LogP contribution in [0.5, 0.6) is 0 Å². The van der Waals surface area contributed by atoms with Crippen molar-refractivity contribution in [2.75, 3.05) is 6.54 Å². The summed E-state index contributed by atoms with van der Waals surface area (Å²) in [5, 5.41) is 7.70. The van der Waals surface area contributed by atoms with E-state index >= 15 is 0 Å². The van der Waals surface area contributed by atoms with Gasteiger partial charge < -0.3 is 0 Å². The topological polar surface area (TPSA) is 16.1 Å². The number of alkyl halides is 1. The van der Waals surface area contributed by atoms with E-state index in [4.69, 9.17) is 11.6 Å². The van der Waals surface area contributed by atoms with Gasteiger partial charge in [-0.3, -0.25) is 4.90 Å². The minimum Gasteiger partial charge on any atom is -0.296 e. The van der Waals surface area contributed by atoms with Crippen molar-refractivity contribution in [1.29, 1.82) is 0 Å². The zero-order valence-electron chi connectivity index (χ0n) is 10.7. The molecule has 1 saturated carbocycles. The first-order valence-electron chi connectivity index (χ1n) is 6.59. The monoisotopic (exact) mass is 312 g/mol. The lowest BCUT2D eigenvalue weighted by Gasteiger charge is -2.20. The molecule has 0 N–H and O–H groups in total. The molecule has 2 nitrogen and oxygen atoms in total. The van der Waals surface area contributed by atoms with Crippen molar-refractivity contribution in [2.24, 2.45) is 0 Å². The molecule has 0 amide bonds. The Balaban J connectivity index is 1.56. The SMILES string of the molecule is ClCc1csc(CCN(Cc2ccsc2)C2CC2)n1. The zero-order valence-corrected chi connectivity index (χ0v) is 13.1. The van der Waals surface area contributed by atoms with Crippen LogP contribution in [0, 0.1) is 0 Å². The van der Waals surface area contributed by atoms with E-state index in [1.54, 1.807) is 22.7 Å². The van der Waals surface area contributed by atoms with E-state index in [1.165, 1.54) is 23.4 Å². The predicted molar refractivity (Wildman–Crippen MR) is 83.1 cm³/mol. The van der Waals surface area contributed by atoms with E-state index in [0.717, 1.165) is 31.2 Å². The smallest absolute Gasteiger partial charge is 0.0941 e. The first-order chi connectivity index (χ1) is 9.35. The molecule has 0 aromatic carbocycles. The third kappa shape index (κ3) is 3.78. The number of rotatable bonds is 7. The highest BCUT2D eigenvalue weighted by Gasteiger charge is 2.28. The summed E-state index contributed by atoms with van der Waals surface area (Å²) in [6, 6.07) is 3.03. The summed E-state index contributed by atoms with van der Waals surface area (Å²) in [4.78, 5) is 7.14. The number of hydrogen-bond donors (Lipinski definition) is 0. The van der Waals surface area contributed by atoms with Crippen LogP contribution in [0.1, 0.15) is 29.1 Å². The first kappa shape index (κ1) is 13.6. The molecule has 1 aliphatic carbocycles. The normalized spacial score (nSPS) is 15.3. The average molecular weight is 313 g/mol. The highest BCUT2D eigenvalue weighted by Crippen LogP contribution is 2.29. The Hall–Kier alpha value is -0.420. The molecular formula is C14H17ClN2S2. The van der Waals surface area contributed by atoms with Gasteiger partial charge in [0, 0.05) is 30.9 Å². The van der Waals surface area contributed by atoms with E-state index < -0.39 is 0 Å². The zero-order chi connectivity index (χ0) is 13.1. The lowest BCUT2D eigenvalue weighted by atomic mass is 10.3. The molecule has 0 spiro atoms. The second-order valence-electron chi connectivity index (χ2n) is 4.95. The second-order valence-corrected chi connectivity index (χ2v) is 6.94. The second kappa shape index (κ2) is 6.35. The van der Waals surface area contributed by atoms with Gasteiger partial charge in [0.2, 0.25) is 0 Å². The van der Waals surface area contributed by atoms with Crippen molar-refractivity contribution in [3.8, 4) is 0 Å². The summed E-state index contributed by atoms with van der Waals surface area (Å²) in [7, 11) is 0. The largest absolute Gasteiger partial charge is 0.296 e. The van der Waals surface area contributed by atoms with E-state index in [0.29, 0.717) is 5.88 Å². The van der Waals surface area contributed by atoms with Crippen LogP contribution >= 0.6 is 34.3 Å². The van der Waals surface area contributed by atoms with Crippen LogP contribution in [0.4, 0.5) is 0 Å². The molecule has 0 aliphatic heterocycles. The van der Waals surface area contributed by atoms with E-state index in [-0.39, 0.29) is 0 Å². The third-order valence-electron chi connectivity index (χ3n) is 3.38. The Morgan fingerprint density at radius 3 is 2.89 bits per heavy atom. The number of thiazole rings is 1. The molecule has 0 atom stereocenters. The van der Waals surface area contributed by atoms with E-state index in [1.807, 2.05) is 0 Å². The van der Waals surface area contributed by atoms with Crippen molar-refractivity contribution in [3.63, 3.8) is 0 Å². The van der Waals surface area contributed by atoms with Crippen LogP contribution in [0.15, 0.2) is 22.2 Å². The molecule has 2 heterocycles. The van der Waals surface area contributed by atoms with Crippen LogP contribution in [-0.4, -0.2) is 22.5 Å². The number of thiophene rings is 1. The number of hydrogen-bond acceptors (Lipinski definition) is 4. The maximum absolute atomic E-state index is 5.79. The Labute approximate surface area is 127 Å². The van der Waals surface area contributed by atoms with Crippen molar-refractivity contribution < 1.29 is 0 Å². The summed E-state index contributed by atoms with van der Waals surface area (Å²) in [5.74, 6) is 0.526. The van der Waals surface area contributed by atoms with Gasteiger partial charge in [0.1, 0.15) is 0 Å². The van der Waals surface area contributed by atoms with Gasteiger partial charge in [-0.1, -0.05) is 0 Å². The van der Waals surface area contributed by atoms with Gasteiger partial charge in [-0.2, -0.15) is 11.3 Å². The van der Waals surface area contributed by atoms with Crippen molar-refractivity contribution >= 4 is 34.3 Å². The summed E-state index contributed by atoms with van der Waals surface area (Å²) in [6.45, 7) is 2.19. The molecule has 3 rings (SSSR count). The molecule has 1 fully saturated rings. The Morgan fingerprint density at radius 1 is 1.37 bits per heavy atom. The number of aromatic nitrogens is 1. The Morgan fingerprint density at radius 2 is 2.26 bits per heavy atom. The average Bonchev–Trinajstić information content (AvgIpc) is 2.97. The lowest BCUT2D eigenvalue weighted by Crippen LogP contribution is -2.27. The molecule has 19 heavy (non-hydrogen) atoms. The van der Waals surface area contributed by atoms with Crippen LogP contribution in [0.25, 0.3) is 0 Å². The highest BCUT2D eigenvalue weighted by atomic mass is 35.5. The number of halogens is 1. The fraction of sp³-hybridized carbons (Fsp3) is 0.500. The molecule has 1 aliphatic rings. The molecule has 2 aromatic heterocycles. The van der Waals surface area contributed by atoms with Gasteiger partial charge in [-0.05, 0) is 35.2 Å². The van der Waals surface area contributed by atoms with Gasteiger partial charge in [0.25, 0.3) is 0 Å². The molecule has 5 heteroatoms. The quantitative estimate of drug-likeness (QED) is 0.714. The molecule has 0 unspecified atom stereocenters. The van der Waals surface area contributed by atoms with Crippen LogP contribution < -0.4 is 0 Å². The summed E-state index contributed by atoms with van der Waals surface area (Å²) in [6.07, 6.45) is 3.76. The van der Waals surface area contributed by atoms with Crippen molar-refractivity contribution in [3.05, 3.63) is 38.5 Å². The predicted octanol–water partition coefficient (Wildman–Crippen LogP) is 4.15. The van der Waals surface area contributed by atoms with Gasteiger partial charge in [0.15, 0.2) is 0 Å². The summed E-state index contributed by atoms with van der Waals surface area (Å²) >= 11 is 9.31. The van der Waals surface area contributed by atoms with Crippen molar-refractivity contribution in [2.45, 2.75) is 37.7 Å². The summed E-state index contributed by atoms with van der Waals surface area (Å²) < 4.78 is 0. The number of nitrogens with zero attached hydrogens (tertiary/aromatic N) is 2. The Bertz CT molecular complexity index is 505. The van der Waals surface area contributed by atoms with Crippen LogP contribution in [0.2, 0.25) is 0 Å². The third-order valence-corrected chi connectivity index (χ3v) is 5.34. The lowest BCUT2D eigenvalue weighted by molar-refractivity contribution is 0.258. The van der Waals surface area contributed by atoms with E-state index in [2.05, 4.69) is 32.1 Å². The molecular weight excluding hydrogens is 296 g/mol. The van der Waals surface area contributed by atoms with Crippen LogP contribution in [0.3, 0.4) is 0 Å². The minimum atomic E-state index is 0.526. The minimum absolute atomic E-state index is 0.526. The van der Waals surface area contributed by atoms with Crippen molar-refractivity contribution in [1.82, 2.24) is 9.88 Å². The summed E-state index contributed by atoms with van der Waals surface area (Å²) in [5.41, 5.74) is 2.45. The molecule has 0 saturated heterocycles. The van der Waals surface area contributed by atoms with Gasteiger partial charge in [-0.25, -0.2) is 4.98 Å². The Kier molecular flexibility index (Phi) is 4.53. The maximum Gasteiger partial charge on any atom is 0.0941 e. The highest BCUT2D eigenvalue weighted by molar-refractivity contribution is 7.09.